The van der Waals surface area contributed by atoms with E-state index in [4.69, 9.17) is 15.5 Å². The Kier molecular flexibility index (Phi) is 4.11. The molecule has 6 nitrogen and oxygen atoms in total. The quantitative estimate of drug-likeness (QED) is 0.566. The standard InChI is InChI=1S/C21H22N4O2/c1-4-8-25-11-16-17(21(25)26)18(22)15-7-5-6-14(19(15)24-16)13-9-12(2)20(27-3)23-10-13/h5-7,9-11,26H,4,8,22H2,1-3H3. The molecule has 0 aliphatic heterocycles. The average molecular weight is 362 g/mol. The first-order valence-electron chi connectivity index (χ1n) is 8.96. The molecule has 4 aromatic rings. The van der Waals surface area contributed by atoms with Gasteiger partial charge in [0.25, 0.3) is 0 Å². The fraction of sp³-hybridized carbons (Fsp3) is 0.238. The van der Waals surface area contributed by atoms with Gasteiger partial charge in [0.05, 0.1) is 29.2 Å². The number of nitrogen functional groups attached to an aromatic ring is 1. The number of nitrogens with zero attached hydrogens (tertiary/aromatic N) is 3. The first-order valence-corrected chi connectivity index (χ1v) is 8.96. The summed E-state index contributed by atoms with van der Waals surface area (Å²) in [5.41, 5.74) is 11.3. The Hall–Kier alpha value is -3.28. The number of hydrogen-bond donors (Lipinski definition) is 2. The molecule has 1 aromatic carbocycles. The van der Waals surface area contributed by atoms with Crippen LogP contribution < -0.4 is 10.5 Å². The van der Waals surface area contributed by atoms with Gasteiger partial charge < -0.3 is 20.1 Å². The van der Waals surface area contributed by atoms with E-state index in [-0.39, 0.29) is 5.88 Å². The van der Waals surface area contributed by atoms with Crippen LogP contribution in [0, 0.1) is 6.92 Å². The summed E-state index contributed by atoms with van der Waals surface area (Å²) in [6.45, 7) is 4.74. The molecule has 0 aliphatic carbocycles. The van der Waals surface area contributed by atoms with E-state index in [9.17, 15) is 5.11 Å². The van der Waals surface area contributed by atoms with Crippen LogP contribution in [0.5, 0.6) is 11.8 Å². The zero-order chi connectivity index (χ0) is 19.1. The number of pyridine rings is 2. The van der Waals surface area contributed by atoms with Crippen LogP contribution in [0.4, 0.5) is 5.69 Å². The van der Waals surface area contributed by atoms with Crippen LogP contribution in [0.25, 0.3) is 32.9 Å². The fourth-order valence-electron chi connectivity index (χ4n) is 3.58. The molecule has 138 valence electrons. The van der Waals surface area contributed by atoms with E-state index in [1.165, 1.54) is 0 Å². The molecule has 0 unspecified atom stereocenters. The van der Waals surface area contributed by atoms with Gasteiger partial charge in [-0.3, -0.25) is 0 Å². The van der Waals surface area contributed by atoms with Crippen molar-refractivity contribution in [3.05, 3.63) is 42.2 Å². The van der Waals surface area contributed by atoms with Crippen LogP contribution in [-0.2, 0) is 6.54 Å². The molecule has 0 saturated carbocycles. The SMILES string of the molecule is CCCn1cc2nc3c(-c4cnc(OC)c(C)c4)cccc3c(N)c2c1O. The monoisotopic (exact) mass is 362 g/mol. The number of anilines is 1. The van der Waals surface area contributed by atoms with Crippen molar-refractivity contribution in [2.45, 2.75) is 26.8 Å². The molecule has 0 atom stereocenters. The van der Waals surface area contributed by atoms with Crippen molar-refractivity contribution in [2.24, 2.45) is 0 Å². The number of benzene rings is 1. The third kappa shape index (κ3) is 2.65. The maximum Gasteiger partial charge on any atom is 0.215 e. The van der Waals surface area contributed by atoms with Gasteiger partial charge in [-0.2, -0.15) is 0 Å². The minimum atomic E-state index is 0.172. The average Bonchev–Trinajstić information content (AvgIpc) is 2.97. The molecule has 0 radical (unpaired) electrons. The summed E-state index contributed by atoms with van der Waals surface area (Å²) in [4.78, 5) is 9.21. The van der Waals surface area contributed by atoms with Crippen LogP contribution in [0.3, 0.4) is 0 Å². The van der Waals surface area contributed by atoms with Crippen LogP contribution in [0.1, 0.15) is 18.9 Å². The maximum absolute atomic E-state index is 10.6. The second-order valence-electron chi connectivity index (χ2n) is 6.68. The van der Waals surface area contributed by atoms with E-state index in [0.29, 0.717) is 29.0 Å². The van der Waals surface area contributed by atoms with Gasteiger partial charge in [-0.15, -0.1) is 0 Å². The minimum absolute atomic E-state index is 0.172. The predicted molar refractivity (Wildman–Crippen MR) is 108 cm³/mol. The number of aryl methyl sites for hydroxylation is 2. The Balaban J connectivity index is 2.00. The number of aromatic hydroxyl groups is 1. The minimum Gasteiger partial charge on any atom is -0.494 e. The van der Waals surface area contributed by atoms with E-state index in [1.807, 2.05) is 37.4 Å². The normalized spacial score (nSPS) is 11.4. The van der Waals surface area contributed by atoms with Gasteiger partial charge in [0.2, 0.25) is 11.8 Å². The van der Waals surface area contributed by atoms with Gasteiger partial charge in [0.1, 0.15) is 0 Å². The second-order valence-corrected chi connectivity index (χ2v) is 6.68. The molecule has 0 spiro atoms. The zero-order valence-corrected chi connectivity index (χ0v) is 15.7. The van der Waals surface area contributed by atoms with Crippen LogP contribution in [0.15, 0.2) is 36.7 Å². The second kappa shape index (κ2) is 6.46. The number of ether oxygens (including phenoxy) is 1. The van der Waals surface area contributed by atoms with Crippen molar-refractivity contribution in [3.63, 3.8) is 0 Å². The van der Waals surface area contributed by atoms with Gasteiger partial charge in [0.15, 0.2) is 0 Å². The third-order valence-electron chi connectivity index (χ3n) is 4.86. The molecule has 27 heavy (non-hydrogen) atoms. The van der Waals surface area contributed by atoms with Crippen molar-refractivity contribution in [3.8, 4) is 22.9 Å². The summed E-state index contributed by atoms with van der Waals surface area (Å²) < 4.78 is 7.06. The van der Waals surface area contributed by atoms with E-state index in [1.54, 1.807) is 17.9 Å². The smallest absolute Gasteiger partial charge is 0.215 e. The molecule has 0 aliphatic rings. The van der Waals surface area contributed by atoms with Gasteiger partial charge in [-0.05, 0) is 19.4 Å². The lowest BCUT2D eigenvalue weighted by Crippen LogP contribution is -1.95. The summed E-state index contributed by atoms with van der Waals surface area (Å²) in [6.07, 6.45) is 4.55. The predicted octanol–water partition coefficient (Wildman–Crippen LogP) is 4.27. The number of rotatable bonds is 4. The molecule has 0 amide bonds. The fourth-order valence-corrected chi connectivity index (χ4v) is 3.58. The van der Waals surface area contributed by atoms with Gasteiger partial charge in [-0.25, -0.2) is 9.97 Å². The molecule has 0 fully saturated rings. The van der Waals surface area contributed by atoms with Gasteiger partial charge >= 0.3 is 0 Å². The highest BCUT2D eigenvalue weighted by atomic mass is 16.5. The van der Waals surface area contributed by atoms with E-state index in [2.05, 4.69) is 11.9 Å². The van der Waals surface area contributed by atoms with E-state index < -0.39 is 0 Å². The van der Waals surface area contributed by atoms with Crippen LogP contribution in [0.2, 0.25) is 0 Å². The summed E-state index contributed by atoms with van der Waals surface area (Å²) >= 11 is 0. The molecule has 3 heterocycles. The summed E-state index contributed by atoms with van der Waals surface area (Å²) in [5.74, 6) is 0.779. The van der Waals surface area contributed by atoms with Crippen molar-refractivity contribution in [1.29, 1.82) is 0 Å². The lowest BCUT2D eigenvalue weighted by Gasteiger charge is -2.11. The lowest BCUT2D eigenvalue weighted by atomic mass is 10.0. The Bertz CT molecular complexity index is 1160. The van der Waals surface area contributed by atoms with Gasteiger partial charge in [-0.1, -0.05) is 25.1 Å². The number of methoxy groups -OCH3 is 1. The van der Waals surface area contributed by atoms with Crippen LogP contribution >= 0.6 is 0 Å². The first kappa shape index (κ1) is 17.1. The highest BCUT2D eigenvalue weighted by Crippen LogP contribution is 2.39. The molecule has 0 bridgehead atoms. The summed E-state index contributed by atoms with van der Waals surface area (Å²) in [6, 6.07) is 7.91. The van der Waals surface area contributed by atoms with Crippen molar-refractivity contribution in [2.75, 3.05) is 12.8 Å². The van der Waals surface area contributed by atoms with Gasteiger partial charge in [0, 0.05) is 41.0 Å². The molecular weight excluding hydrogens is 340 g/mol. The number of para-hydroxylation sites is 1. The zero-order valence-electron chi connectivity index (χ0n) is 15.7. The molecule has 0 saturated heterocycles. The highest BCUT2D eigenvalue weighted by Gasteiger charge is 2.17. The number of hydrogen-bond acceptors (Lipinski definition) is 5. The third-order valence-corrected chi connectivity index (χ3v) is 4.86. The Morgan fingerprint density at radius 2 is 2.11 bits per heavy atom. The Labute approximate surface area is 157 Å². The summed E-state index contributed by atoms with van der Waals surface area (Å²) in [7, 11) is 1.61. The lowest BCUT2D eigenvalue weighted by molar-refractivity contribution is 0.394. The molecule has 6 heteroatoms. The summed E-state index contributed by atoms with van der Waals surface area (Å²) in [5, 5.41) is 12.0. The Morgan fingerprint density at radius 1 is 1.30 bits per heavy atom. The van der Waals surface area contributed by atoms with Crippen molar-refractivity contribution in [1.82, 2.24) is 14.5 Å². The number of nitrogens with two attached hydrogens (primary N) is 1. The van der Waals surface area contributed by atoms with Crippen molar-refractivity contribution >= 4 is 27.5 Å². The maximum atomic E-state index is 10.6. The topological polar surface area (TPSA) is 86.2 Å². The molecule has 3 N–H and O–H groups in total. The molecule has 4 rings (SSSR count). The first-order chi connectivity index (χ1) is 13.0. The van der Waals surface area contributed by atoms with Crippen molar-refractivity contribution < 1.29 is 9.84 Å². The molecular formula is C21H22N4O2. The van der Waals surface area contributed by atoms with E-state index in [0.717, 1.165) is 34.0 Å². The molecule has 3 aromatic heterocycles. The highest BCUT2D eigenvalue weighted by molar-refractivity contribution is 6.12. The number of aromatic nitrogens is 3. The Morgan fingerprint density at radius 3 is 2.81 bits per heavy atom. The number of fused-ring (bicyclic) bond motifs is 2. The largest absolute Gasteiger partial charge is 0.494 e. The van der Waals surface area contributed by atoms with Crippen LogP contribution in [-0.4, -0.2) is 26.8 Å². The van der Waals surface area contributed by atoms with E-state index >= 15 is 0 Å².